The van der Waals surface area contributed by atoms with Crippen molar-refractivity contribution < 1.29 is 35.9 Å². The molecule has 0 bridgehead atoms. The van der Waals surface area contributed by atoms with Crippen molar-refractivity contribution in [3.63, 3.8) is 0 Å². The van der Waals surface area contributed by atoms with Crippen molar-refractivity contribution in [3.05, 3.63) is 18.2 Å². The summed E-state index contributed by atoms with van der Waals surface area (Å²) in [6, 6.07) is 3.56. The summed E-state index contributed by atoms with van der Waals surface area (Å²) in [4.78, 5) is 28.9. The molecule has 0 aliphatic rings. The summed E-state index contributed by atoms with van der Waals surface area (Å²) in [5.74, 6) is -1.65. The van der Waals surface area contributed by atoms with Crippen molar-refractivity contribution in [1.29, 1.82) is 0 Å². The van der Waals surface area contributed by atoms with Gasteiger partial charge in [-0.2, -0.15) is 0 Å². The summed E-state index contributed by atoms with van der Waals surface area (Å²) in [7, 11) is -2.24. The lowest BCUT2D eigenvalue weighted by Gasteiger charge is -2.16. The fraction of sp³-hybridized carbons (Fsp3) is 0.357. The van der Waals surface area contributed by atoms with Gasteiger partial charge >= 0.3 is 6.36 Å². The van der Waals surface area contributed by atoms with Gasteiger partial charge < -0.3 is 15.0 Å². The van der Waals surface area contributed by atoms with Gasteiger partial charge in [-0.3, -0.25) is 9.59 Å². The van der Waals surface area contributed by atoms with Gasteiger partial charge in [0.15, 0.2) is 5.13 Å². The SMILES string of the molecule is CN(CC(=O)Nc1nc2ccc(OC(F)(F)F)cc2s1)C(=O)CNS(C)(=O)=O. The minimum atomic E-state index is -4.82. The van der Waals surface area contributed by atoms with Crippen LogP contribution in [-0.2, 0) is 19.6 Å². The van der Waals surface area contributed by atoms with E-state index < -0.39 is 40.5 Å². The Morgan fingerprint density at radius 2 is 2.00 bits per heavy atom. The molecule has 0 aliphatic carbocycles. The van der Waals surface area contributed by atoms with E-state index in [4.69, 9.17) is 0 Å². The van der Waals surface area contributed by atoms with Gasteiger partial charge in [0, 0.05) is 13.1 Å². The summed E-state index contributed by atoms with van der Waals surface area (Å²) >= 11 is 0.929. The first-order chi connectivity index (χ1) is 12.8. The number of nitrogens with one attached hydrogen (secondary N) is 2. The van der Waals surface area contributed by atoms with Crippen molar-refractivity contribution in [1.82, 2.24) is 14.6 Å². The van der Waals surface area contributed by atoms with Crippen molar-refractivity contribution in [3.8, 4) is 5.75 Å². The topological polar surface area (TPSA) is 118 Å². The summed E-state index contributed by atoms with van der Waals surface area (Å²) in [5, 5.41) is 2.55. The van der Waals surface area contributed by atoms with E-state index in [2.05, 4.69) is 15.0 Å². The molecule has 0 saturated carbocycles. The van der Waals surface area contributed by atoms with Crippen LogP contribution >= 0.6 is 11.3 Å². The molecule has 0 fully saturated rings. The number of hydrogen-bond acceptors (Lipinski definition) is 7. The number of hydrogen-bond donors (Lipinski definition) is 2. The Hall–Kier alpha value is -2.45. The summed E-state index contributed by atoms with van der Waals surface area (Å²) < 4.78 is 64.9. The molecule has 154 valence electrons. The van der Waals surface area contributed by atoms with E-state index >= 15 is 0 Å². The Kier molecular flexibility index (Phi) is 6.46. The molecular formula is C14H15F3N4O5S2. The van der Waals surface area contributed by atoms with E-state index in [0.29, 0.717) is 10.2 Å². The molecule has 0 aliphatic heterocycles. The molecule has 0 spiro atoms. The monoisotopic (exact) mass is 440 g/mol. The average molecular weight is 440 g/mol. The van der Waals surface area contributed by atoms with Gasteiger partial charge in [0.2, 0.25) is 21.8 Å². The summed E-state index contributed by atoms with van der Waals surface area (Å²) in [6.45, 7) is -0.867. The molecule has 2 aromatic rings. The van der Waals surface area contributed by atoms with Crippen molar-refractivity contribution in [2.24, 2.45) is 0 Å². The minimum Gasteiger partial charge on any atom is -0.406 e. The molecule has 0 atom stereocenters. The molecule has 9 nitrogen and oxygen atoms in total. The maximum Gasteiger partial charge on any atom is 0.573 e. The van der Waals surface area contributed by atoms with E-state index in [1.165, 1.54) is 13.1 Å². The zero-order valence-corrected chi connectivity index (χ0v) is 16.2. The number of alkyl halides is 3. The number of rotatable bonds is 7. The third kappa shape index (κ3) is 6.94. The van der Waals surface area contributed by atoms with Crippen LogP contribution in [0.4, 0.5) is 18.3 Å². The van der Waals surface area contributed by atoms with Crippen LogP contribution in [0.15, 0.2) is 18.2 Å². The molecule has 1 aromatic heterocycles. The Bertz CT molecular complexity index is 991. The molecule has 2 rings (SSSR count). The second kappa shape index (κ2) is 8.28. The highest BCUT2D eigenvalue weighted by molar-refractivity contribution is 7.88. The third-order valence-electron chi connectivity index (χ3n) is 3.13. The Morgan fingerprint density at radius 1 is 1.32 bits per heavy atom. The van der Waals surface area contributed by atoms with Crippen LogP contribution in [0.25, 0.3) is 10.2 Å². The molecule has 1 aromatic carbocycles. The molecule has 0 radical (unpaired) electrons. The second-order valence-corrected chi connectivity index (χ2v) is 8.45. The number of amides is 2. The van der Waals surface area contributed by atoms with Crippen LogP contribution in [0.3, 0.4) is 0 Å². The average Bonchev–Trinajstić information content (AvgIpc) is 2.91. The molecule has 2 amide bonds. The summed E-state index contributed by atoms with van der Waals surface area (Å²) in [6.07, 6.45) is -3.93. The van der Waals surface area contributed by atoms with Gasteiger partial charge in [0.1, 0.15) is 5.75 Å². The van der Waals surface area contributed by atoms with Crippen LogP contribution in [0, 0.1) is 0 Å². The molecule has 1 heterocycles. The zero-order chi connectivity index (χ0) is 21.1. The van der Waals surface area contributed by atoms with E-state index in [1.807, 2.05) is 4.72 Å². The van der Waals surface area contributed by atoms with Crippen LogP contribution in [0.5, 0.6) is 5.75 Å². The number of nitrogens with zero attached hydrogens (tertiary/aromatic N) is 2. The normalized spacial score (nSPS) is 12.0. The molecule has 28 heavy (non-hydrogen) atoms. The van der Waals surface area contributed by atoms with E-state index in [-0.39, 0.29) is 11.7 Å². The van der Waals surface area contributed by atoms with Crippen LogP contribution in [-0.4, -0.2) is 62.9 Å². The molecular weight excluding hydrogens is 425 g/mol. The Morgan fingerprint density at radius 3 is 2.61 bits per heavy atom. The van der Waals surface area contributed by atoms with Crippen molar-refractivity contribution in [2.75, 3.05) is 31.7 Å². The van der Waals surface area contributed by atoms with Gasteiger partial charge in [0.25, 0.3) is 0 Å². The number of carbonyl (C=O) groups is 2. The number of thiazole rings is 1. The number of sulfonamides is 1. The largest absolute Gasteiger partial charge is 0.573 e. The first-order valence-corrected chi connectivity index (χ1v) is 10.2. The van der Waals surface area contributed by atoms with Gasteiger partial charge in [-0.15, -0.1) is 13.2 Å². The number of halogens is 3. The van der Waals surface area contributed by atoms with Gasteiger partial charge in [0.05, 0.1) is 29.6 Å². The Balaban J connectivity index is 1.97. The minimum absolute atomic E-state index is 0.124. The predicted octanol–water partition coefficient (Wildman–Crippen LogP) is 1.14. The number of fused-ring (bicyclic) bond motifs is 1. The Labute approximate surface area is 161 Å². The highest BCUT2D eigenvalue weighted by Gasteiger charge is 2.31. The number of ether oxygens (including phenoxy) is 1. The lowest BCUT2D eigenvalue weighted by Crippen LogP contribution is -2.41. The fourth-order valence-electron chi connectivity index (χ4n) is 1.95. The number of aromatic nitrogens is 1. The number of carbonyl (C=O) groups excluding carboxylic acids is 2. The maximum atomic E-state index is 12.3. The van der Waals surface area contributed by atoms with E-state index in [1.54, 1.807) is 0 Å². The highest BCUT2D eigenvalue weighted by atomic mass is 32.2. The number of anilines is 1. The first kappa shape index (κ1) is 21.8. The van der Waals surface area contributed by atoms with Crippen LogP contribution < -0.4 is 14.8 Å². The quantitative estimate of drug-likeness (QED) is 0.667. The third-order valence-corrected chi connectivity index (χ3v) is 4.73. The molecule has 0 saturated heterocycles. The molecule has 0 unspecified atom stereocenters. The van der Waals surface area contributed by atoms with E-state index in [9.17, 15) is 31.2 Å². The van der Waals surface area contributed by atoms with Crippen LogP contribution in [0.2, 0.25) is 0 Å². The maximum absolute atomic E-state index is 12.3. The number of benzene rings is 1. The van der Waals surface area contributed by atoms with Gasteiger partial charge in [-0.05, 0) is 12.1 Å². The predicted molar refractivity (Wildman–Crippen MR) is 95.4 cm³/mol. The van der Waals surface area contributed by atoms with Crippen LogP contribution in [0.1, 0.15) is 0 Å². The lowest BCUT2D eigenvalue weighted by molar-refractivity contribution is -0.274. The van der Waals surface area contributed by atoms with E-state index in [0.717, 1.165) is 34.6 Å². The number of likely N-dealkylation sites (N-methyl/N-ethyl adjacent to an activating group) is 1. The molecule has 14 heteroatoms. The molecule has 2 N–H and O–H groups in total. The summed E-state index contributed by atoms with van der Waals surface area (Å²) in [5.41, 5.74) is 0.358. The van der Waals surface area contributed by atoms with Crippen molar-refractivity contribution >= 4 is 48.5 Å². The second-order valence-electron chi connectivity index (χ2n) is 5.59. The van der Waals surface area contributed by atoms with Gasteiger partial charge in [-0.25, -0.2) is 18.1 Å². The lowest BCUT2D eigenvalue weighted by atomic mass is 10.3. The highest BCUT2D eigenvalue weighted by Crippen LogP contribution is 2.31. The van der Waals surface area contributed by atoms with Gasteiger partial charge in [-0.1, -0.05) is 11.3 Å². The van der Waals surface area contributed by atoms with Crippen molar-refractivity contribution in [2.45, 2.75) is 6.36 Å². The first-order valence-electron chi connectivity index (χ1n) is 7.47. The fourth-order valence-corrected chi connectivity index (χ4v) is 3.24. The zero-order valence-electron chi connectivity index (χ0n) is 14.5. The standard InChI is InChI=1S/C14H15F3N4O5S2/c1-21(12(23)6-18-28(2,24)25)7-11(22)20-13-19-9-4-3-8(5-10(9)27-13)26-14(15,16)17/h3-5,18H,6-7H2,1-2H3,(H,19,20,22). The smallest absolute Gasteiger partial charge is 0.406 e.